The molecule has 9 nitrogen and oxygen atoms in total. The number of hydrogen-bond acceptors (Lipinski definition) is 7. The molecule has 11 heteroatoms. The van der Waals surface area contributed by atoms with E-state index in [1.54, 1.807) is 6.07 Å². The van der Waals surface area contributed by atoms with Gasteiger partial charge in [-0.2, -0.15) is 4.31 Å². The first-order valence-corrected chi connectivity index (χ1v) is 13.3. The van der Waals surface area contributed by atoms with E-state index in [1.807, 2.05) is 13.8 Å². The smallest absolute Gasteiger partial charge is 0.243 e. The molecule has 0 radical (unpaired) electrons. The Kier molecular flexibility index (Phi) is 8.43. The van der Waals surface area contributed by atoms with Crippen molar-refractivity contribution < 1.29 is 22.7 Å². The number of morpholine rings is 1. The first kappa shape index (κ1) is 25.5. The molecule has 0 atom stereocenters. The zero-order chi connectivity index (χ0) is 24.2. The van der Waals surface area contributed by atoms with Crippen LogP contribution in [0.4, 0.5) is 5.69 Å². The number of methoxy groups -OCH3 is 1. The second-order valence-electron chi connectivity index (χ2n) is 8.29. The molecular weight excluding hydrogens is 464 g/mol. The normalized spacial score (nSPS) is 15.1. The molecule has 2 aromatic rings. The first-order valence-electron chi connectivity index (χ1n) is 10.9. The Hall–Kier alpha value is -2.08. The highest BCUT2D eigenvalue weighted by Crippen LogP contribution is 2.30. The minimum Gasteiger partial charge on any atom is -0.495 e. The molecule has 3 rings (SSSR count). The molecule has 1 N–H and O–H groups in total. The summed E-state index contributed by atoms with van der Waals surface area (Å²) in [6.45, 7) is 10.4. The second-order valence-corrected chi connectivity index (χ2v) is 11.2. The van der Waals surface area contributed by atoms with Crippen LogP contribution in [0.15, 0.2) is 28.3 Å². The summed E-state index contributed by atoms with van der Waals surface area (Å²) in [5.41, 5.74) is 2.35. The van der Waals surface area contributed by atoms with E-state index in [0.717, 1.165) is 23.1 Å². The predicted octanol–water partition coefficient (Wildman–Crippen LogP) is 2.92. The van der Waals surface area contributed by atoms with Gasteiger partial charge < -0.3 is 19.4 Å². The van der Waals surface area contributed by atoms with Gasteiger partial charge in [-0.1, -0.05) is 25.6 Å². The number of nitrogens with zero attached hydrogens (tertiary/aromatic N) is 3. The van der Waals surface area contributed by atoms with Crippen LogP contribution < -0.4 is 10.1 Å². The maximum absolute atomic E-state index is 13.0. The van der Waals surface area contributed by atoms with Crippen molar-refractivity contribution in [3.63, 3.8) is 0 Å². The Morgan fingerprint density at radius 2 is 1.97 bits per heavy atom. The molecular formula is C22H32N4O5S2. The highest BCUT2D eigenvalue weighted by molar-refractivity contribution is 7.99. The van der Waals surface area contributed by atoms with Gasteiger partial charge in [0.05, 0.1) is 42.4 Å². The number of aryl methyl sites for hydroxylation is 1. The number of nitrogens with one attached hydrogen (secondary N) is 1. The van der Waals surface area contributed by atoms with Gasteiger partial charge in [0.15, 0.2) is 5.16 Å². The lowest BCUT2D eigenvalue weighted by Crippen LogP contribution is -2.40. The van der Waals surface area contributed by atoms with Crippen molar-refractivity contribution in [2.45, 2.75) is 44.3 Å². The Morgan fingerprint density at radius 3 is 2.61 bits per heavy atom. The van der Waals surface area contributed by atoms with E-state index in [-0.39, 0.29) is 16.6 Å². The third kappa shape index (κ3) is 6.08. The van der Waals surface area contributed by atoms with E-state index in [4.69, 9.17) is 9.47 Å². The SMILES string of the molecule is COc1ccc(S(=O)(=O)N2CCOCC2)cc1NC(=O)CSc1nc(C)c(C)n1CC(C)C. The molecule has 2 heterocycles. The lowest BCUT2D eigenvalue weighted by molar-refractivity contribution is -0.113. The van der Waals surface area contributed by atoms with Crippen molar-refractivity contribution in [1.29, 1.82) is 0 Å². The van der Waals surface area contributed by atoms with Gasteiger partial charge in [0, 0.05) is 25.3 Å². The summed E-state index contributed by atoms with van der Waals surface area (Å²) < 4.78 is 40.1. The summed E-state index contributed by atoms with van der Waals surface area (Å²) in [4.78, 5) is 17.4. The molecule has 1 fully saturated rings. The van der Waals surface area contributed by atoms with Crippen LogP contribution in [0.3, 0.4) is 0 Å². The van der Waals surface area contributed by atoms with Crippen LogP contribution >= 0.6 is 11.8 Å². The number of rotatable bonds is 9. The summed E-state index contributed by atoms with van der Waals surface area (Å²) in [5.74, 6) is 0.708. The number of hydrogen-bond donors (Lipinski definition) is 1. The average molecular weight is 497 g/mol. The topological polar surface area (TPSA) is 103 Å². The standard InChI is InChI=1S/C22H32N4O5S2/c1-15(2)13-26-17(4)16(3)23-22(26)32-14-21(27)24-19-12-18(6-7-20(19)30-5)33(28,29)25-8-10-31-11-9-25/h6-7,12,15H,8-11,13-14H2,1-5H3,(H,24,27). The quantitative estimate of drug-likeness (QED) is 0.533. The molecule has 0 bridgehead atoms. The first-order chi connectivity index (χ1) is 15.6. The Morgan fingerprint density at radius 1 is 1.27 bits per heavy atom. The molecule has 0 unspecified atom stereocenters. The van der Waals surface area contributed by atoms with E-state index in [2.05, 4.69) is 28.7 Å². The number of anilines is 1. The molecule has 1 saturated heterocycles. The molecule has 33 heavy (non-hydrogen) atoms. The highest BCUT2D eigenvalue weighted by atomic mass is 32.2. The Labute approximate surface area is 199 Å². The van der Waals surface area contributed by atoms with Crippen molar-refractivity contribution in [2.24, 2.45) is 5.92 Å². The molecule has 1 aromatic heterocycles. The maximum Gasteiger partial charge on any atom is 0.243 e. The van der Waals surface area contributed by atoms with Crippen LogP contribution in [0.5, 0.6) is 5.75 Å². The van der Waals surface area contributed by atoms with Crippen LogP contribution in [0, 0.1) is 19.8 Å². The number of sulfonamides is 1. The van der Waals surface area contributed by atoms with E-state index < -0.39 is 10.0 Å². The van der Waals surface area contributed by atoms with Gasteiger partial charge >= 0.3 is 0 Å². The molecule has 1 aliphatic rings. The Bertz CT molecular complexity index is 1090. The van der Waals surface area contributed by atoms with Crippen molar-refractivity contribution in [3.8, 4) is 5.75 Å². The predicted molar refractivity (Wildman–Crippen MR) is 128 cm³/mol. The van der Waals surface area contributed by atoms with E-state index in [0.29, 0.717) is 43.7 Å². The second kappa shape index (κ2) is 10.9. The van der Waals surface area contributed by atoms with Crippen LogP contribution in [-0.4, -0.2) is 67.3 Å². The number of imidazole rings is 1. The van der Waals surface area contributed by atoms with Gasteiger partial charge in [-0.3, -0.25) is 4.79 Å². The number of carbonyl (C=O) groups excluding carboxylic acids is 1. The summed E-state index contributed by atoms with van der Waals surface area (Å²) >= 11 is 1.36. The largest absolute Gasteiger partial charge is 0.495 e. The highest BCUT2D eigenvalue weighted by Gasteiger charge is 2.27. The van der Waals surface area contributed by atoms with Crippen LogP contribution in [0.1, 0.15) is 25.2 Å². The molecule has 1 aromatic carbocycles. The number of amides is 1. The monoisotopic (exact) mass is 496 g/mol. The van der Waals surface area contributed by atoms with Crippen LogP contribution in [0.25, 0.3) is 0 Å². The summed E-state index contributed by atoms with van der Waals surface area (Å²) in [6.07, 6.45) is 0. The van der Waals surface area contributed by atoms with E-state index >= 15 is 0 Å². The maximum atomic E-state index is 13.0. The minimum absolute atomic E-state index is 0.104. The number of thioether (sulfide) groups is 1. The Balaban J connectivity index is 1.74. The minimum atomic E-state index is -3.69. The van der Waals surface area contributed by atoms with Gasteiger partial charge in [0.1, 0.15) is 5.75 Å². The fraction of sp³-hybridized carbons (Fsp3) is 0.545. The van der Waals surface area contributed by atoms with E-state index in [9.17, 15) is 13.2 Å². The van der Waals surface area contributed by atoms with Crippen molar-refractivity contribution >= 4 is 33.4 Å². The third-order valence-corrected chi connectivity index (χ3v) is 8.23. The molecule has 1 aliphatic heterocycles. The third-order valence-electron chi connectivity index (χ3n) is 5.36. The average Bonchev–Trinajstić information content (AvgIpc) is 3.05. The molecule has 0 spiro atoms. The van der Waals surface area contributed by atoms with Crippen LogP contribution in [0.2, 0.25) is 0 Å². The van der Waals surface area contributed by atoms with Crippen molar-refractivity contribution in [2.75, 3.05) is 44.5 Å². The van der Waals surface area contributed by atoms with Gasteiger partial charge in [0.25, 0.3) is 0 Å². The van der Waals surface area contributed by atoms with Gasteiger partial charge in [-0.15, -0.1) is 0 Å². The number of ether oxygens (including phenoxy) is 2. The number of carbonyl (C=O) groups is 1. The molecule has 1 amide bonds. The molecule has 0 aliphatic carbocycles. The molecule has 182 valence electrons. The zero-order valence-electron chi connectivity index (χ0n) is 19.8. The lowest BCUT2D eigenvalue weighted by Gasteiger charge is -2.26. The number of aromatic nitrogens is 2. The summed E-state index contributed by atoms with van der Waals surface area (Å²) in [5, 5.41) is 3.60. The van der Waals surface area contributed by atoms with Crippen LogP contribution in [-0.2, 0) is 26.1 Å². The van der Waals surface area contributed by atoms with Gasteiger partial charge in [0.2, 0.25) is 15.9 Å². The summed E-state index contributed by atoms with van der Waals surface area (Å²) in [7, 11) is -2.22. The summed E-state index contributed by atoms with van der Waals surface area (Å²) in [6, 6.07) is 4.49. The van der Waals surface area contributed by atoms with Gasteiger partial charge in [-0.05, 0) is 38.0 Å². The lowest BCUT2D eigenvalue weighted by atomic mass is 10.2. The van der Waals surface area contributed by atoms with Crippen molar-refractivity contribution in [1.82, 2.24) is 13.9 Å². The van der Waals surface area contributed by atoms with Gasteiger partial charge in [-0.25, -0.2) is 13.4 Å². The zero-order valence-corrected chi connectivity index (χ0v) is 21.4. The fourth-order valence-corrected chi connectivity index (χ4v) is 5.85. The van der Waals surface area contributed by atoms with E-state index in [1.165, 1.54) is 35.3 Å². The van der Waals surface area contributed by atoms with Crippen molar-refractivity contribution in [3.05, 3.63) is 29.6 Å². The molecule has 0 saturated carbocycles. The fourth-order valence-electron chi connectivity index (χ4n) is 3.51. The number of benzene rings is 1.